The first-order valence-corrected chi connectivity index (χ1v) is 11.5. The Kier molecular flexibility index (Phi) is 6.00. The van der Waals surface area contributed by atoms with Crippen molar-refractivity contribution in [2.24, 2.45) is 0 Å². The van der Waals surface area contributed by atoms with E-state index in [1.54, 1.807) is 49.4 Å². The van der Waals surface area contributed by atoms with Gasteiger partial charge < -0.3 is 5.32 Å². The third kappa shape index (κ3) is 5.26. The van der Waals surface area contributed by atoms with Crippen LogP contribution in [-0.2, 0) is 10.0 Å². The van der Waals surface area contributed by atoms with Gasteiger partial charge in [0.15, 0.2) is 0 Å². The Labute approximate surface area is 177 Å². The number of rotatable bonds is 5. The van der Waals surface area contributed by atoms with Crippen LogP contribution in [0, 0.1) is 6.92 Å². The Hall–Kier alpha value is -2.06. The quantitative estimate of drug-likeness (QED) is 0.522. The van der Waals surface area contributed by atoms with Crippen molar-refractivity contribution in [3.63, 3.8) is 0 Å². The average Bonchev–Trinajstić information content (AvgIpc) is 3.06. The van der Waals surface area contributed by atoms with E-state index in [0.717, 1.165) is 22.3 Å². The number of hydrogen-bond acceptors (Lipinski definition) is 4. The first-order valence-electron chi connectivity index (χ1n) is 8.07. The fourth-order valence-electron chi connectivity index (χ4n) is 2.51. The van der Waals surface area contributed by atoms with E-state index in [1.807, 2.05) is 6.07 Å². The number of anilines is 2. The zero-order chi connectivity index (χ0) is 20.5. The van der Waals surface area contributed by atoms with Gasteiger partial charge >= 0.3 is 0 Å². The summed E-state index contributed by atoms with van der Waals surface area (Å²) in [4.78, 5) is 13.9. The minimum absolute atomic E-state index is 0.293. The molecule has 0 unspecified atom stereocenters. The highest BCUT2D eigenvalue weighted by atomic mass is 35.5. The molecule has 0 bridgehead atoms. The van der Waals surface area contributed by atoms with Crippen molar-refractivity contribution in [1.29, 1.82) is 0 Å². The molecule has 1 aromatic heterocycles. The summed E-state index contributed by atoms with van der Waals surface area (Å²) >= 11 is 13.4. The highest BCUT2D eigenvalue weighted by Crippen LogP contribution is 2.32. The van der Waals surface area contributed by atoms with Crippen molar-refractivity contribution >= 4 is 61.8 Å². The molecule has 3 aromatic rings. The number of halogens is 2. The van der Waals surface area contributed by atoms with Crippen LogP contribution >= 0.6 is 34.5 Å². The minimum atomic E-state index is -3.41. The normalized spacial score (nSPS) is 11.3. The van der Waals surface area contributed by atoms with Crippen LogP contribution in [0.2, 0.25) is 10.0 Å². The van der Waals surface area contributed by atoms with Gasteiger partial charge in [0.2, 0.25) is 10.0 Å². The van der Waals surface area contributed by atoms with Crippen LogP contribution in [-0.4, -0.2) is 20.6 Å². The van der Waals surface area contributed by atoms with Crippen LogP contribution in [0.1, 0.15) is 15.2 Å². The fraction of sp³-hybridized carbons (Fsp3) is 0.105. The molecule has 146 valence electrons. The first-order chi connectivity index (χ1) is 13.1. The molecule has 0 aliphatic heterocycles. The predicted octanol–water partition coefficient (Wildman–Crippen LogP) is 5.65. The second-order valence-corrected chi connectivity index (χ2v) is 9.89. The lowest BCUT2D eigenvalue weighted by molar-refractivity contribution is 0.103. The van der Waals surface area contributed by atoms with E-state index in [-0.39, 0.29) is 5.91 Å². The van der Waals surface area contributed by atoms with Crippen molar-refractivity contribution in [2.75, 3.05) is 16.3 Å². The molecule has 5 nitrogen and oxygen atoms in total. The molecule has 0 spiro atoms. The lowest BCUT2D eigenvalue weighted by Gasteiger charge is -2.10. The number of aryl methyl sites for hydroxylation is 1. The van der Waals surface area contributed by atoms with E-state index in [2.05, 4.69) is 10.0 Å². The van der Waals surface area contributed by atoms with Crippen molar-refractivity contribution in [1.82, 2.24) is 0 Å². The maximum Gasteiger partial charge on any atom is 0.265 e. The largest absolute Gasteiger partial charge is 0.321 e. The molecule has 1 heterocycles. The Balaban J connectivity index is 1.81. The summed E-state index contributed by atoms with van der Waals surface area (Å²) in [6, 6.07) is 13.8. The SMILES string of the molecule is Cc1ccc(NC(=O)c2ccc(-c3cc(Cl)cc(Cl)c3)s2)cc1NS(C)(=O)=O. The number of carbonyl (C=O) groups excluding carboxylic acids is 1. The van der Waals surface area contributed by atoms with Gasteiger partial charge in [0.1, 0.15) is 0 Å². The second kappa shape index (κ2) is 8.13. The van der Waals surface area contributed by atoms with Crippen LogP contribution < -0.4 is 10.0 Å². The van der Waals surface area contributed by atoms with Gasteiger partial charge in [0, 0.05) is 20.6 Å². The second-order valence-electron chi connectivity index (χ2n) is 6.18. The van der Waals surface area contributed by atoms with E-state index in [1.165, 1.54) is 11.3 Å². The van der Waals surface area contributed by atoms with Crippen molar-refractivity contribution in [3.05, 3.63) is 69.0 Å². The van der Waals surface area contributed by atoms with Crippen molar-refractivity contribution < 1.29 is 13.2 Å². The smallest absolute Gasteiger partial charge is 0.265 e. The molecule has 3 rings (SSSR count). The third-order valence-electron chi connectivity index (χ3n) is 3.77. The zero-order valence-electron chi connectivity index (χ0n) is 14.9. The standard InChI is InChI=1S/C19H16Cl2N2O3S2/c1-11-3-4-15(10-16(11)23-28(2,25)26)22-19(24)18-6-5-17(27-18)12-7-13(20)9-14(21)8-12/h3-10,23H,1-2H3,(H,22,24). The Morgan fingerprint density at radius 3 is 2.32 bits per heavy atom. The average molecular weight is 455 g/mol. The van der Waals surface area contributed by atoms with Gasteiger partial charge in [-0.3, -0.25) is 9.52 Å². The Bertz CT molecular complexity index is 1140. The summed E-state index contributed by atoms with van der Waals surface area (Å²) in [6.07, 6.45) is 1.08. The van der Waals surface area contributed by atoms with E-state index >= 15 is 0 Å². The molecular formula is C19H16Cl2N2O3S2. The van der Waals surface area contributed by atoms with Gasteiger partial charge in [-0.1, -0.05) is 29.3 Å². The molecular weight excluding hydrogens is 439 g/mol. The highest BCUT2D eigenvalue weighted by molar-refractivity contribution is 7.92. The van der Waals surface area contributed by atoms with Crippen LogP contribution in [0.25, 0.3) is 10.4 Å². The summed E-state index contributed by atoms with van der Waals surface area (Å²) in [5.41, 5.74) is 2.49. The van der Waals surface area contributed by atoms with Crippen LogP contribution in [0.5, 0.6) is 0 Å². The van der Waals surface area contributed by atoms with Gasteiger partial charge in [-0.15, -0.1) is 11.3 Å². The van der Waals surface area contributed by atoms with Gasteiger partial charge in [-0.2, -0.15) is 0 Å². The maximum absolute atomic E-state index is 12.6. The monoisotopic (exact) mass is 454 g/mol. The molecule has 0 atom stereocenters. The molecule has 0 radical (unpaired) electrons. The van der Waals surface area contributed by atoms with Gasteiger partial charge in [0.25, 0.3) is 5.91 Å². The molecule has 0 aliphatic rings. The lowest BCUT2D eigenvalue weighted by atomic mass is 10.2. The molecule has 9 heteroatoms. The highest BCUT2D eigenvalue weighted by Gasteiger charge is 2.13. The number of hydrogen-bond donors (Lipinski definition) is 2. The number of sulfonamides is 1. The third-order valence-corrected chi connectivity index (χ3v) is 5.93. The van der Waals surface area contributed by atoms with Crippen LogP contribution in [0.3, 0.4) is 0 Å². The molecule has 2 N–H and O–H groups in total. The minimum Gasteiger partial charge on any atom is -0.321 e. The molecule has 28 heavy (non-hydrogen) atoms. The molecule has 0 aliphatic carbocycles. The first kappa shape index (κ1) is 20.7. The Morgan fingerprint density at radius 2 is 1.68 bits per heavy atom. The summed E-state index contributed by atoms with van der Waals surface area (Å²) in [5, 5.41) is 3.83. The number of thiophene rings is 1. The topological polar surface area (TPSA) is 75.3 Å². The number of benzene rings is 2. The zero-order valence-corrected chi connectivity index (χ0v) is 18.1. The van der Waals surface area contributed by atoms with Crippen molar-refractivity contribution in [3.8, 4) is 10.4 Å². The van der Waals surface area contributed by atoms with Gasteiger partial charge in [-0.25, -0.2) is 8.42 Å². The van der Waals surface area contributed by atoms with E-state index in [4.69, 9.17) is 23.2 Å². The number of nitrogens with one attached hydrogen (secondary N) is 2. The van der Waals surface area contributed by atoms with Crippen molar-refractivity contribution in [2.45, 2.75) is 6.92 Å². The van der Waals surface area contributed by atoms with E-state index < -0.39 is 10.0 Å². The predicted molar refractivity (Wildman–Crippen MR) is 117 cm³/mol. The molecule has 0 saturated carbocycles. The Morgan fingerprint density at radius 1 is 1.00 bits per heavy atom. The summed E-state index contributed by atoms with van der Waals surface area (Å²) in [5.74, 6) is -0.293. The fourth-order valence-corrected chi connectivity index (χ4v) is 4.55. The molecule has 2 aromatic carbocycles. The van der Waals surface area contributed by atoms with Gasteiger partial charge in [0.05, 0.1) is 16.8 Å². The molecule has 1 amide bonds. The number of amides is 1. The molecule has 0 saturated heterocycles. The number of carbonyl (C=O) groups is 1. The summed E-state index contributed by atoms with van der Waals surface area (Å²) in [7, 11) is -3.41. The van der Waals surface area contributed by atoms with E-state index in [9.17, 15) is 13.2 Å². The maximum atomic E-state index is 12.6. The lowest BCUT2D eigenvalue weighted by Crippen LogP contribution is -2.13. The molecule has 0 fully saturated rings. The van der Waals surface area contributed by atoms with Crippen LogP contribution in [0.15, 0.2) is 48.5 Å². The van der Waals surface area contributed by atoms with Gasteiger partial charge in [-0.05, 0) is 60.5 Å². The summed E-state index contributed by atoms with van der Waals surface area (Å²) in [6.45, 7) is 1.78. The van der Waals surface area contributed by atoms with E-state index in [0.29, 0.717) is 26.3 Å². The van der Waals surface area contributed by atoms with Crippen LogP contribution in [0.4, 0.5) is 11.4 Å². The summed E-state index contributed by atoms with van der Waals surface area (Å²) < 4.78 is 25.4.